The van der Waals surface area contributed by atoms with Crippen molar-refractivity contribution in [3.63, 3.8) is 0 Å². The summed E-state index contributed by atoms with van der Waals surface area (Å²) in [5.74, 6) is 0. The van der Waals surface area contributed by atoms with Gasteiger partial charge in [0.2, 0.25) is 0 Å². The van der Waals surface area contributed by atoms with E-state index < -0.39 is 0 Å². The van der Waals surface area contributed by atoms with Gasteiger partial charge in [-0.05, 0) is 70.4 Å². The molecule has 8 aromatic rings. The second-order valence-electron chi connectivity index (χ2n) is 11.9. The minimum absolute atomic E-state index is 0.779. The minimum atomic E-state index is 0.779. The molecule has 0 N–H and O–H groups in total. The van der Waals surface area contributed by atoms with Gasteiger partial charge in [-0.3, -0.25) is 0 Å². The summed E-state index contributed by atoms with van der Waals surface area (Å²) in [6, 6.07) is 43.2. The van der Waals surface area contributed by atoms with Gasteiger partial charge in [0.05, 0.1) is 11.7 Å². The van der Waals surface area contributed by atoms with Crippen molar-refractivity contribution in [2.24, 2.45) is 0 Å². The van der Waals surface area contributed by atoms with Gasteiger partial charge in [0.1, 0.15) is 22.1 Å². The predicted molar refractivity (Wildman–Crippen MR) is 188 cm³/mol. The minimum Gasteiger partial charge on any atom is -0.243 e. The molecule has 5 nitrogen and oxygen atoms in total. The number of nitrogens with zero attached hydrogens (tertiary/aromatic N) is 4. The average Bonchev–Trinajstić information content (AvgIpc) is 3.79. The topological polar surface area (TPSA) is 64.7 Å². The number of aromatic nitrogens is 4. The zero-order chi connectivity index (χ0) is 31.0. The Morgan fingerprint density at radius 1 is 0.413 bits per heavy atom. The third kappa shape index (κ3) is 5.27. The van der Waals surface area contributed by atoms with Crippen LogP contribution in [0.1, 0.15) is 22.3 Å². The Labute approximate surface area is 271 Å². The molecule has 46 heavy (non-hydrogen) atoms. The highest BCUT2D eigenvalue weighted by Gasteiger charge is 2.16. The molecular formula is C40H30N4OS. The van der Waals surface area contributed by atoms with E-state index in [1.807, 2.05) is 0 Å². The first-order valence-electron chi connectivity index (χ1n) is 15.4. The lowest BCUT2D eigenvalue weighted by Crippen LogP contribution is -1.92. The van der Waals surface area contributed by atoms with Crippen LogP contribution in [-0.2, 0) is 12.8 Å². The van der Waals surface area contributed by atoms with E-state index >= 15 is 0 Å². The summed E-state index contributed by atoms with van der Waals surface area (Å²) in [5, 5.41) is 8.52. The number of fused-ring (bicyclic) bond motifs is 2. The number of aryl methyl sites for hydroxylation is 4. The molecule has 8 rings (SSSR count). The largest absolute Gasteiger partial charge is 0.243 e. The molecule has 0 aliphatic rings. The summed E-state index contributed by atoms with van der Waals surface area (Å²) in [6.45, 7) is 4.19. The molecule has 0 saturated carbocycles. The highest BCUT2D eigenvalue weighted by Crippen LogP contribution is 2.36. The van der Waals surface area contributed by atoms with Gasteiger partial charge >= 0.3 is 0 Å². The molecule has 0 saturated heterocycles. The zero-order valence-electron chi connectivity index (χ0n) is 25.6. The van der Waals surface area contributed by atoms with Crippen LogP contribution in [-0.4, -0.2) is 19.1 Å². The molecule has 0 amide bonds. The number of rotatable bonds is 7. The Bertz CT molecular complexity index is 2130. The summed E-state index contributed by atoms with van der Waals surface area (Å²) < 4.78 is 14.5. The molecule has 0 unspecified atom stereocenters. The lowest BCUT2D eigenvalue weighted by Gasteiger charge is -2.09. The molecule has 2 heterocycles. The summed E-state index contributed by atoms with van der Waals surface area (Å²) in [4.78, 5) is 0. The number of hydrogen-bond acceptors (Lipinski definition) is 6. The lowest BCUT2D eigenvalue weighted by molar-refractivity contribution is 0.315. The molecule has 0 bridgehead atoms. The summed E-state index contributed by atoms with van der Waals surface area (Å²) in [5.41, 5.74) is 17.3. The van der Waals surface area contributed by atoms with E-state index in [2.05, 4.69) is 154 Å². The fourth-order valence-corrected chi connectivity index (χ4v) is 6.70. The van der Waals surface area contributed by atoms with Crippen LogP contribution in [0.25, 0.3) is 66.6 Å². The van der Waals surface area contributed by atoms with Crippen LogP contribution in [0.4, 0.5) is 0 Å². The molecule has 6 heteroatoms. The van der Waals surface area contributed by atoms with Crippen LogP contribution >= 0.6 is 11.7 Å². The first-order valence-corrected chi connectivity index (χ1v) is 16.2. The van der Waals surface area contributed by atoms with Crippen molar-refractivity contribution in [3.8, 4) is 44.5 Å². The third-order valence-electron chi connectivity index (χ3n) is 8.79. The van der Waals surface area contributed by atoms with Crippen LogP contribution < -0.4 is 0 Å². The number of hydrogen-bond donors (Lipinski definition) is 0. The van der Waals surface area contributed by atoms with Crippen molar-refractivity contribution >= 4 is 33.8 Å². The quantitative estimate of drug-likeness (QED) is 0.179. The van der Waals surface area contributed by atoms with Gasteiger partial charge in [0, 0.05) is 22.3 Å². The maximum Gasteiger partial charge on any atom is 0.143 e. The van der Waals surface area contributed by atoms with E-state index in [9.17, 15) is 0 Å². The van der Waals surface area contributed by atoms with Crippen LogP contribution in [0.3, 0.4) is 0 Å². The van der Waals surface area contributed by atoms with Gasteiger partial charge in [-0.25, -0.2) is 4.63 Å². The lowest BCUT2D eigenvalue weighted by atomic mass is 9.95. The van der Waals surface area contributed by atoms with Gasteiger partial charge in [0.15, 0.2) is 0 Å². The second kappa shape index (κ2) is 11.8. The normalized spacial score (nSPS) is 11.4. The van der Waals surface area contributed by atoms with E-state index in [0.717, 1.165) is 79.4 Å². The standard InChI is InChI=1S/C40H30N4OS/c1-25-3-13-29(14-4-25)33-21-22-34(38-37(33)41-45-42-38)31-17-9-27(10-18-31)7-8-28-11-19-32(20-12-28)36-24-23-35(39-40(36)44-46-43-39)30-15-5-26(2)6-16-30/h3-6,9-24H,7-8H2,1-2H3. The first kappa shape index (κ1) is 28.0. The van der Waals surface area contributed by atoms with Gasteiger partial charge < -0.3 is 0 Å². The van der Waals surface area contributed by atoms with Crippen molar-refractivity contribution < 1.29 is 4.63 Å². The number of benzene rings is 6. The van der Waals surface area contributed by atoms with Crippen LogP contribution in [0, 0.1) is 13.8 Å². The smallest absolute Gasteiger partial charge is 0.143 e. The molecule has 0 fully saturated rings. The SMILES string of the molecule is Cc1ccc(-c2ccc(-c3ccc(CCc4ccc(-c5ccc(-c6ccc(C)cc6)c6nsnc56)cc4)cc3)c3nonc23)cc1. The Morgan fingerprint density at radius 3 is 1.11 bits per heavy atom. The fraction of sp³-hybridized carbons (Fsp3) is 0.100. The van der Waals surface area contributed by atoms with Crippen molar-refractivity contribution in [2.75, 3.05) is 0 Å². The molecular weight excluding hydrogens is 585 g/mol. The molecule has 0 aliphatic carbocycles. The second-order valence-corrected chi connectivity index (χ2v) is 12.4. The van der Waals surface area contributed by atoms with Gasteiger partial charge in [0.25, 0.3) is 0 Å². The van der Waals surface area contributed by atoms with E-state index in [-0.39, 0.29) is 0 Å². The summed E-state index contributed by atoms with van der Waals surface area (Å²) in [7, 11) is 0. The summed E-state index contributed by atoms with van der Waals surface area (Å²) in [6.07, 6.45) is 1.92. The van der Waals surface area contributed by atoms with Crippen LogP contribution in [0.5, 0.6) is 0 Å². The Balaban J connectivity index is 0.975. The van der Waals surface area contributed by atoms with Gasteiger partial charge in [-0.15, -0.1) is 0 Å². The zero-order valence-corrected chi connectivity index (χ0v) is 26.4. The molecule has 2 aromatic heterocycles. The van der Waals surface area contributed by atoms with E-state index in [1.54, 1.807) is 0 Å². The highest BCUT2D eigenvalue weighted by molar-refractivity contribution is 7.00. The van der Waals surface area contributed by atoms with Gasteiger partial charge in [-0.2, -0.15) is 8.75 Å². The summed E-state index contributed by atoms with van der Waals surface area (Å²) >= 11 is 1.27. The third-order valence-corrected chi connectivity index (χ3v) is 9.32. The maximum atomic E-state index is 5.20. The monoisotopic (exact) mass is 614 g/mol. The molecule has 0 spiro atoms. The Kier molecular flexibility index (Phi) is 7.20. The van der Waals surface area contributed by atoms with Crippen LogP contribution in [0.15, 0.2) is 126 Å². The molecule has 6 aromatic carbocycles. The molecule has 222 valence electrons. The average molecular weight is 615 g/mol. The van der Waals surface area contributed by atoms with Crippen molar-refractivity contribution in [1.29, 1.82) is 0 Å². The highest BCUT2D eigenvalue weighted by atomic mass is 32.1. The Hall–Kier alpha value is -5.46. The maximum absolute atomic E-state index is 5.20. The van der Waals surface area contributed by atoms with Gasteiger partial charge in [-0.1, -0.05) is 132 Å². The van der Waals surface area contributed by atoms with Crippen LogP contribution in [0.2, 0.25) is 0 Å². The molecule has 0 aliphatic heterocycles. The molecule has 0 atom stereocenters. The fourth-order valence-electron chi connectivity index (χ4n) is 6.12. The first-order chi connectivity index (χ1) is 22.6. The predicted octanol–water partition coefficient (Wildman–Crippen LogP) is 10.3. The van der Waals surface area contributed by atoms with Crippen molar-refractivity contribution in [2.45, 2.75) is 26.7 Å². The van der Waals surface area contributed by atoms with E-state index in [4.69, 9.17) is 4.63 Å². The Morgan fingerprint density at radius 2 is 0.739 bits per heavy atom. The van der Waals surface area contributed by atoms with E-state index in [0.29, 0.717) is 0 Å². The molecule has 0 radical (unpaired) electrons. The van der Waals surface area contributed by atoms with Crippen molar-refractivity contribution in [1.82, 2.24) is 19.1 Å². The van der Waals surface area contributed by atoms with Crippen molar-refractivity contribution in [3.05, 3.63) is 144 Å². The van der Waals surface area contributed by atoms with E-state index in [1.165, 1.54) is 34.0 Å².